The minimum atomic E-state index is 0.129. The van der Waals surface area contributed by atoms with Crippen LogP contribution in [0.4, 0.5) is 17.5 Å². The Balaban J connectivity index is 1.39. The molecular weight excluding hydrogens is 404 g/mol. The number of nitrogens with one attached hydrogen (secondary N) is 3. The van der Waals surface area contributed by atoms with Crippen molar-refractivity contribution in [3.8, 4) is 0 Å². The number of carbonyl (C=O) groups excluding carboxylic acids is 1. The van der Waals surface area contributed by atoms with E-state index in [1.54, 1.807) is 7.05 Å². The summed E-state index contributed by atoms with van der Waals surface area (Å²) >= 11 is 0. The standard InChI is InChI=1S/C24H30N6O2/c1-25-23(31)16-7-9-18(10-8-16)27-22-13-21-20(14-26-22)29-24(28-17-5-3-2-4-6-17)30(21)19-11-12-32-15-19/h2-6,13-14,16,18-19H,7-12,15H2,1H3,(H,25,31)(H,26,27)(H,28,29)/t16?,18?,19-/m0/s1. The van der Waals surface area contributed by atoms with Crippen LogP contribution >= 0.6 is 0 Å². The highest BCUT2D eigenvalue weighted by Crippen LogP contribution is 2.32. The number of imidazole rings is 1. The molecule has 1 saturated heterocycles. The van der Waals surface area contributed by atoms with Gasteiger partial charge in [-0.1, -0.05) is 18.2 Å². The summed E-state index contributed by atoms with van der Waals surface area (Å²) in [6, 6.07) is 12.8. The highest BCUT2D eigenvalue weighted by atomic mass is 16.5. The van der Waals surface area contributed by atoms with Crippen LogP contribution in [0.3, 0.4) is 0 Å². The van der Waals surface area contributed by atoms with Gasteiger partial charge in [-0.15, -0.1) is 0 Å². The zero-order valence-corrected chi connectivity index (χ0v) is 18.4. The molecule has 5 rings (SSSR count). The molecule has 1 aliphatic carbocycles. The van der Waals surface area contributed by atoms with Crippen LogP contribution in [-0.4, -0.2) is 46.7 Å². The second kappa shape index (κ2) is 9.16. The Labute approximate surface area is 187 Å². The number of hydrogen-bond donors (Lipinski definition) is 3. The van der Waals surface area contributed by atoms with Gasteiger partial charge in [0, 0.05) is 37.4 Å². The molecule has 168 valence electrons. The third-order valence-corrected chi connectivity index (χ3v) is 6.57. The Morgan fingerprint density at radius 2 is 1.94 bits per heavy atom. The number of pyridine rings is 1. The number of carbonyl (C=O) groups is 1. The number of amides is 1. The molecular formula is C24H30N6O2. The number of anilines is 3. The molecule has 0 radical (unpaired) electrons. The maximum absolute atomic E-state index is 11.9. The van der Waals surface area contributed by atoms with Gasteiger partial charge in [-0.3, -0.25) is 4.79 Å². The van der Waals surface area contributed by atoms with Gasteiger partial charge in [-0.2, -0.15) is 0 Å². The van der Waals surface area contributed by atoms with Gasteiger partial charge >= 0.3 is 0 Å². The Morgan fingerprint density at radius 3 is 2.66 bits per heavy atom. The van der Waals surface area contributed by atoms with E-state index in [9.17, 15) is 4.79 Å². The Kier molecular flexibility index (Phi) is 5.94. The molecule has 0 spiro atoms. The Hall–Kier alpha value is -3.13. The van der Waals surface area contributed by atoms with Crippen LogP contribution in [0.1, 0.15) is 38.1 Å². The molecule has 1 aliphatic heterocycles. The number of benzene rings is 1. The van der Waals surface area contributed by atoms with Crippen LogP contribution in [-0.2, 0) is 9.53 Å². The molecule has 0 unspecified atom stereocenters. The van der Waals surface area contributed by atoms with Crippen molar-refractivity contribution < 1.29 is 9.53 Å². The number of aromatic nitrogens is 3. The average molecular weight is 435 g/mol. The topological polar surface area (TPSA) is 93.1 Å². The highest BCUT2D eigenvalue weighted by molar-refractivity contribution is 5.82. The number of para-hydroxylation sites is 1. The fourth-order valence-electron chi connectivity index (χ4n) is 4.82. The van der Waals surface area contributed by atoms with Crippen molar-refractivity contribution >= 4 is 34.4 Å². The van der Waals surface area contributed by atoms with Crippen molar-refractivity contribution in [2.24, 2.45) is 5.92 Å². The molecule has 1 saturated carbocycles. The SMILES string of the molecule is CNC(=O)C1CCC(Nc2cc3c(cn2)nc(Nc2ccccc2)n3[C@H]2CCOC2)CC1. The van der Waals surface area contributed by atoms with Gasteiger partial charge in [-0.25, -0.2) is 9.97 Å². The summed E-state index contributed by atoms with van der Waals surface area (Å²) in [5.74, 6) is 1.95. The zero-order valence-electron chi connectivity index (χ0n) is 18.4. The molecule has 2 aliphatic rings. The van der Waals surface area contributed by atoms with E-state index in [0.29, 0.717) is 12.6 Å². The molecule has 3 heterocycles. The lowest BCUT2D eigenvalue weighted by Gasteiger charge is -2.28. The maximum Gasteiger partial charge on any atom is 0.222 e. The van der Waals surface area contributed by atoms with E-state index in [2.05, 4.69) is 31.6 Å². The predicted molar refractivity (Wildman–Crippen MR) is 125 cm³/mol. The van der Waals surface area contributed by atoms with E-state index >= 15 is 0 Å². The van der Waals surface area contributed by atoms with Gasteiger partial charge in [-0.05, 0) is 44.2 Å². The average Bonchev–Trinajstić information content (AvgIpc) is 3.47. The summed E-state index contributed by atoms with van der Waals surface area (Å²) in [5.41, 5.74) is 2.92. The Bertz CT molecular complexity index is 1070. The monoisotopic (exact) mass is 434 g/mol. The van der Waals surface area contributed by atoms with E-state index in [1.165, 1.54) is 0 Å². The first-order chi connectivity index (χ1) is 15.7. The smallest absolute Gasteiger partial charge is 0.222 e. The summed E-state index contributed by atoms with van der Waals surface area (Å²) in [7, 11) is 1.71. The first-order valence-electron chi connectivity index (χ1n) is 11.5. The van der Waals surface area contributed by atoms with Crippen LogP contribution in [0.15, 0.2) is 42.6 Å². The minimum Gasteiger partial charge on any atom is -0.379 e. The van der Waals surface area contributed by atoms with Crippen molar-refractivity contribution in [2.45, 2.75) is 44.2 Å². The number of fused-ring (bicyclic) bond motifs is 1. The quantitative estimate of drug-likeness (QED) is 0.546. The third-order valence-electron chi connectivity index (χ3n) is 6.57. The van der Waals surface area contributed by atoms with E-state index in [0.717, 1.165) is 67.2 Å². The molecule has 3 N–H and O–H groups in total. The van der Waals surface area contributed by atoms with Gasteiger partial charge < -0.3 is 25.3 Å². The maximum atomic E-state index is 11.9. The fraction of sp³-hybridized carbons (Fsp3) is 0.458. The predicted octanol–water partition coefficient (Wildman–Crippen LogP) is 3.85. The van der Waals surface area contributed by atoms with E-state index < -0.39 is 0 Å². The molecule has 8 nitrogen and oxygen atoms in total. The highest BCUT2D eigenvalue weighted by Gasteiger charge is 2.27. The first kappa shape index (κ1) is 20.8. The van der Waals surface area contributed by atoms with Gasteiger partial charge in [0.15, 0.2) is 0 Å². The van der Waals surface area contributed by atoms with Crippen molar-refractivity contribution in [1.82, 2.24) is 19.9 Å². The molecule has 8 heteroatoms. The molecule has 3 aromatic rings. The van der Waals surface area contributed by atoms with Crippen LogP contribution < -0.4 is 16.0 Å². The minimum absolute atomic E-state index is 0.129. The molecule has 2 aromatic heterocycles. The van der Waals surface area contributed by atoms with Gasteiger partial charge in [0.2, 0.25) is 11.9 Å². The lowest BCUT2D eigenvalue weighted by Crippen LogP contribution is -2.34. The van der Waals surface area contributed by atoms with Gasteiger partial charge in [0.1, 0.15) is 11.3 Å². The first-order valence-corrected chi connectivity index (χ1v) is 11.5. The second-order valence-electron chi connectivity index (χ2n) is 8.68. The van der Waals surface area contributed by atoms with Crippen molar-refractivity contribution in [3.63, 3.8) is 0 Å². The largest absolute Gasteiger partial charge is 0.379 e. The fourth-order valence-corrected chi connectivity index (χ4v) is 4.82. The van der Waals surface area contributed by atoms with Crippen LogP contribution in [0.5, 0.6) is 0 Å². The lowest BCUT2D eigenvalue weighted by molar-refractivity contribution is -0.125. The van der Waals surface area contributed by atoms with Crippen molar-refractivity contribution in [1.29, 1.82) is 0 Å². The molecule has 0 bridgehead atoms. The lowest BCUT2D eigenvalue weighted by atomic mass is 9.85. The number of ether oxygens (including phenoxy) is 1. The van der Waals surface area contributed by atoms with Crippen molar-refractivity contribution in [3.05, 3.63) is 42.6 Å². The third kappa shape index (κ3) is 4.27. The van der Waals surface area contributed by atoms with Gasteiger partial charge in [0.25, 0.3) is 0 Å². The normalized spacial score (nSPS) is 23.2. The van der Waals surface area contributed by atoms with Crippen LogP contribution in [0.25, 0.3) is 11.0 Å². The van der Waals surface area contributed by atoms with Crippen molar-refractivity contribution in [2.75, 3.05) is 30.9 Å². The van der Waals surface area contributed by atoms with Gasteiger partial charge in [0.05, 0.1) is 24.4 Å². The molecule has 1 aromatic carbocycles. The molecule has 32 heavy (non-hydrogen) atoms. The second-order valence-corrected chi connectivity index (χ2v) is 8.68. The summed E-state index contributed by atoms with van der Waals surface area (Å²) in [5, 5.41) is 9.84. The summed E-state index contributed by atoms with van der Waals surface area (Å²) < 4.78 is 7.94. The number of hydrogen-bond acceptors (Lipinski definition) is 6. The van der Waals surface area contributed by atoms with E-state index in [1.807, 2.05) is 36.5 Å². The summed E-state index contributed by atoms with van der Waals surface area (Å²) in [6.45, 7) is 1.45. The Morgan fingerprint density at radius 1 is 1.12 bits per heavy atom. The zero-order chi connectivity index (χ0) is 21.9. The number of nitrogens with zero attached hydrogens (tertiary/aromatic N) is 3. The molecule has 1 amide bonds. The van der Waals surface area contributed by atoms with Crippen LogP contribution in [0, 0.1) is 5.92 Å². The molecule has 2 fully saturated rings. The van der Waals surface area contributed by atoms with E-state index in [-0.39, 0.29) is 17.9 Å². The molecule has 1 atom stereocenters. The summed E-state index contributed by atoms with van der Waals surface area (Å²) in [6.07, 6.45) is 6.55. The van der Waals surface area contributed by atoms with E-state index in [4.69, 9.17) is 9.72 Å². The number of rotatable bonds is 6. The summed E-state index contributed by atoms with van der Waals surface area (Å²) in [4.78, 5) is 21.4. The van der Waals surface area contributed by atoms with Crippen LogP contribution in [0.2, 0.25) is 0 Å².